The number of piperidine rings is 1. The zero-order valence-electron chi connectivity index (χ0n) is 14.3. The number of imidazole rings is 1. The number of likely N-dealkylation sites (tertiary alicyclic amines) is 1. The summed E-state index contributed by atoms with van der Waals surface area (Å²) in [7, 11) is 0. The first kappa shape index (κ1) is 16.5. The Balaban J connectivity index is 1.54. The van der Waals surface area contributed by atoms with Crippen LogP contribution in [0.1, 0.15) is 17.7 Å². The molecule has 4 heterocycles. The first-order valence-electron chi connectivity index (χ1n) is 8.86. The monoisotopic (exact) mass is 356 g/mol. The van der Waals surface area contributed by atoms with Gasteiger partial charge in [-0.05, 0) is 36.4 Å². The minimum atomic E-state index is 0.452. The third-order valence-electron chi connectivity index (χ3n) is 4.76. The summed E-state index contributed by atoms with van der Waals surface area (Å²) in [6.07, 6.45) is 4.08. The second-order valence-electron chi connectivity index (χ2n) is 6.50. The largest absolute Gasteiger partial charge is 0.353 e. The summed E-state index contributed by atoms with van der Waals surface area (Å²) < 4.78 is 2.20. The van der Waals surface area contributed by atoms with Crippen molar-refractivity contribution in [2.24, 2.45) is 5.73 Å². The molecule has 6 nitrogen and oxygen atoms in total. The molecule has 0 amide bonds. The van der Waals surface area contributed by atoms with Crippen LogP contribution in [0.4, 0.5) is 5.95 Å². The van der Waals surface area contributed by atoms with Crippen molar-refractivity contribution < 1.29 is 0 Å². The molecule has 3 aromatic rings. The molecular formula is C18H24N6S. The van der Waals surface area contributed by atoms with Gasteiger partial charge in [0.1, 0.15) is 5.52 Å². The van der Waals surface area contributed by atoms with E-state index >= 15 is 0 Å². The number of fused-ring (bicyclic) bond motifs is 1. The Hall–Kier alpha value is -1.96. The van der Waals surface area contributed by atoms with Gasteiger partial charge in [-0.25, -0.2) is 9.97 Å². The molecule has 0 bridgehead atoms. The van der Waals surface area contributed by atoms with Crippen molar-refractivity contribution in [1.29, 1.82) is 0 Å². The molecule has 0 aliphatic carbocycles. The quantitative estimate of drug-likeness (QED) is 0.709. The van der Waals surface area contributed by atoms with Gasteiger partial charge < -0.3 is 16.0 Å². The molecule has 1 aliphatic rings. The summed E-state index contributed by atoms with van der Waals surface area (Å²) in [5.74, 6) is 0.930. The van der Waals surface area contributed by atoms with Gasteiger partial charge in [-0.3, -0.25) is 4.57 Å². The maximum atomic E-state index is 5.67. The van der Waals surface area contributed by atoms with Crippen LogP contribution in [0.15, 0.2) is 35.8 Å². The third-order valence-corrected chi connectivity index (χ3v) is 5.63. The van der Waals surface area contributed by atoms with Crippen LogP contribution in [0.5, 0.6) is 0 Å². The first-order chi connectivity index (χ1) is 12.3. The Labute approximate surface area is 151 Å². The SMILES string of the molecule is NCCN1CCC(Nc2nc3cccnc3n2Cc2cccs2)CC1. The van der Waals surface area contributed by atoms with Crippen LogP contribution in [0.2, 0.25) is 0 Å². The fourth-order valence-corrected chi connectivity index (χ4v) is 4.14. The topological polar surface area (TPSA) is 72.0 Å². The Morgan fingerprint density at radius 2 is 2.12 bits per heavy atom. The van der Waals surface area contributed by atoms with Crippen LogP contribution < -0.4 is 11.1 Å². The van der Waals surface area contributed by atoms with Crippen molar-refractivity contribution in [2.45, 2.75) is 25.4 Å². The van der Waals surface area contributed by atoms with Crippen LogP contribution in [0, 0.1) is 0 Å². The molecule has 0 atom stereocenters. The fraction of sp³-hybridized carbons (Fsp3) is 0.444. The van der Waals surface area contributed by atoms with E-state index < -0.39 is 0 Å². The molecule has 0 unspecified atom stereocenters. The average Bonchev–Trinajstić information content (AvgIpc) is 3.26. The van der Waals surface area contributed by atoms with Crippen molar-refractivity contribution >= 4 is 28.4 Å². The van der Waals surface area contributed by atoms with Gasteiger partial charge in [0.15, 0.2) is 5.65 Å². The number of nitrogens with zero attached hydrogens (tertiary/aromatic N) is 4. The van der Waals surface area contributed by atoms with Crippen molar-refractivity contribution in [1.82, 2.24) is 19.4 Å². The van der Waals surface area contributed by atoms with Crippen LogP contribution >= 0.6 is 11.3 Å². The van der Waals surface area contributed by atoms with E-state index in [1.807, 2.05) is 18.3 Å². The molecule has 0 aromatic carbocycles. The predicted octanol–water partition coefficient (Wildman–Crippen LogP) is 2.38. The van der Waals surface area contributed by atoms with Crippen molar-refractivity contribution in [3.05, 3.63) is 40.7 Å². The van der Waals surface area contributed by atoms with Crippen molar-refractivity contribution in [2.75, 3.05) is 31.5 Å². The molecule has 4 rings (SSSR count). The highest BCUT2D eigenvalue weighted by Gasteiger charge is 2.21. The number of pyridine rings is 1. The standard InChI is InChI=1S/C18H24N6S/c19-7-11-23-9-5-14(6-10-23)21-18-22-16-4-1-8-20-17(16)24(18)13-15-3-2-12-25-15/h1-4,8,12,14H,5-7,9-11,13,19H2,(H,21,22). The number of nitrogens with two attached hydrogens (primary N) is 1. The molecule has 7 heteroatoms. The van der Waals surface area contributed by atoms with Crippen LogP contribution in [-0.2, 0) is 6.54 Å². The van der Waals surface area contributed by atoms with Gasteiger partial charge in [-0.1, -0.05) is 6.07 Å². The van der Waals surface area contributed by atoms with E-state index in [0.717, 1.165) is 62.7 Å². The van der Waals surface area contributed by atoms with Gasteiger partial charge in [0.25, 0.3) is 0 Å². The highest BCUT2D eigenvalue weighted by atomic mass is 32.1. The molecule has 3 N–H and O–H groups in total. The van der Waals surface area contributed by atoms with Gasteiger partial charge >= 0.3 is 0 Å². The van der Waals surface area contributed by atoms with E-state index in [1.165, 1.54) is 4.88 Å². The van der Waals surface area contributed by atoms with E-state index in [2.05, 4.69) is 37.3 Å². The van der Waals surface area contributed by atoms with E-state index in [4.69, 9.17) is 10.7 Å². The van der Waals surface area contributed by atoms with E-state index in [-0.39, 0.29) is 0 Å². The number of thiophene rings is 1. The van der Waals surface area contributed by atoms with Gasteiger partial charge in [-0.2, -0.15) is 0 Å². The lowest BCUT2D eigenvalue weighted by Gasteiger charge is -2.32. The molecule has 0 spiro atoms. The molecule has 1 saturated heterocycles. The summed E-state index contributed by atoms with van der Waals surface area (Å²) in [5.41, 5.74) is 7.56. The molecule has 132 valence electrons. The van der Waals surface area contributed by atoms with E-state index in [1.54, 1.807) is 11.3 Å². The molecular weight excluding hydrogens is 332 g/mol. The molecule has 1 aliphatic heterocycles. The Morgan fingerprint density at radius 3 is 2.88 bits per heavy atom. The highest BCUT2D eigenvalue weighted by molar-refractivity contribution is 7.09. The predicted molar refractivity (Wildman–Crippen MR) is 103 cm³/mol. The number of hydrogen-bond donors (Lipinski definition) is 2. The van der Waals surface area contributed by atoms with Crippen LogP contribution in [0.25, 0.3) is 11.2 Å². The second kappa shape index (κ2) is 7.51. The number of rotatable bonds is 6. The minimum Gasteiger partial charge on any atom is -0.353 e. The summed E-state index contributed by atoms with van der Waals surface area (Å²) in [6.45, 7) is 4.73. The number of nitrogens with one attached hydrogen (secondary N) is 1. The summed E-state index contributed by atoms with van der Waals surface area (Å²) in [5, 5.41) is 5.79. The normalized spacial score (nSPS) is 16.5. The molecule has 0 radical (unpaired) electrons. The summed E-state index contributed by atoms with van der Waals surface area (Å²) in [4.78, 5) is 13.1. The maximum Gasteiger partial charge on any atom is 0.205 e. The smallest absolute Gasteiger partial charge is 0.205 e. The van der Waals surface area contributed by atoms with Crippen molar-refractivity contribution in [3.63, 3.8) is 0 Å². The first-order valence-corrected chi connectivity index (χ1v) is 9.74. The third kappa shape index (κ3) is 3.68. The lowest BCUT2D eigenvalue weighted by molar-refractivity contribution is 0.224. The molecule has 25 heavy (non-hydrogen) atoms. The van der Waals surface area contributed by atoms with E-state index in [9.17, 15) is 0 Å². The summed E-state index contributed by atoms with van der Waals surface area (Å²) in [6, 6.07) is 8.68. The lowest BCUT2D eigenvalue weighted by atomic mass is 10.1. The molecule has 0 saturated carbocycles. The number of hydrogen-bond acceptors (Lipinski definition) is 6. The Bertz CT molecular complexity index is 804. The highest BCUT2D eigenvalue weighted by Crippen LogP contribution is 2.23. The zero-order valence-corrected chi connectivity index (χ0v) is 15.1. The van der Waals surface area contributed by atoms with Gasteiger partial charge in [0, 0.05) is 43.3 Å². The van der Waals surface area contributed by atoms with Gasteiger partial charge in [-0.15, -0.1) is 11.3 Å². The number of anilines is 1. The van der Waals surface area contributed by atoms with Gasteiger partial charge in [0.2, 0.25) is 5.95 Å². The summed E-state index contributed by atoms with van der Waals surface area (Å²) >= 11 is 1.77. The Morgan fingerprint density at radius 1 is 1.24 bits per heavy atom. The van der Waals surface area contributed by atoms with Crippen LogP contribution in [-0.4, -0.2) is 51.7 Å². The van der Waals surface area contributed by atoms with E-state index in [0.29, 0.717) is 6.04 Å². The Kier molecular flexibility index (Phi) is 4.96. The second-order valence-corrected chi connectivity index (χ2v) is 7.53. The molecule has 3 aromatic heterocycles. The van der Waals surface area contributed by atoms with Crippen LogP contribution in [0.3, 0.4) is 0 Å². The minimum absolute atomic E-state index is 0.452. The average molecular weight is 356 g/mol. The lowest BCUT2D eigenvalue weighted by Crippen LogP contribution is -2.41. The maximum absolute atomic E-state index is 5.67. The zero-order chi connectivity index (χ0) is 17.1. The van der Waals surface area contributed by atoms with Gasteiger partial charge in [0.05, 0.1) is 6.54 Å². The number of aromatic nitrogens is 3. The van der Waals surface area contributed by atoms with Crippen molar-refractivity contribution in [3.8, 4) is 0 Å². The fourth-order valence-electron chi connectivity index (χ4n) is 3.44. The molecule has 1 fully saturated rings.